The Morgan fingerprint density at radius 3 is 2.71 bits per heavy atom. The van der Waals surface area contributed by atoms with Crippen LogP contribution in [0.1, 0.15) is 4.88 Å². The Labute approximate surface area is 118 Å². The van der Waals surface area contributed by atoms with Crippen LogP contribution in [-0.2, 0) is 0 Å². The topological polar surface area (TPSA) is 12.4 Å². The molecule has 0 aliphatic rings. The molecule has 0 saturated carbocycles. The van der Waals surface area contributed by atoms with Crippen molar-refractivity contribution in [3.05, 3.63) is 45.3 Å². The van der Waals surface area contributed by atoms with E-state index in [0.717, 1.165) is 10.6 Å². The van der Waals surface area contributed by atoms with E-state index in [9.17, 15) is 0 Å². The first-order valence-corrected chi connectivity index (χ1v) is 7.61. The van der Waals surface area contributed by atoms with Crippen molar-refractivity contribution in [2.45, 2.75) is 4.21 Å². The zero-order valence-electron chi connectivity index (χ0n) is 8.98. The fourth-order valence-corrected chi connectivity index (χ4v) is 3.13. The van der Waals surface area contributed by atoms with Crippen LogP contribution in [0.3, 0.4) is 0 Å². The Kier molecular flexibility index (Phi) is 4.51. The van der Waals surface area contributed by atoms with Crippen LogP contribution in [0.25, 0.3) is 0 Å². The Balaban J connectivity index is 2.19. The number of hydrogen-bond donors (Lipinski definition) is 0. The maximum atomic E-state index is 6.03. The normalized spacial score (nSPS) is 11.2. The zero-order chi connectivity index (χ0) is 12.3. The van der Waals surface area contributed by atoms with Gasteiger partial charge in [0, 0.05) is 16.1 Å². The number of halogens is 2. The molecule has 0 bridgehead atoms. The number of thiophene rings is 1. The van der Waals surface area contributed by atoms with E-state index in [0.29, 0.717) is 10.0 Å². The Hall–Kier alpha value is -0.480. The van der Waals surface area contributed by atoms with Crippen LogP contribution in [-0.4, -0.2) is 12.5 Å². The lowest BCUT2D eigenvalue weighted by atomic mass is 10.3. The average Bonchev–Trinajstić information content (AvgIpc) is 2.76. The van der Waals surface area contributed by atoms with Crippen LogP contribution >= 0.6 is 46.3 Å². The number of thioether (sulfide) groups is 1. The van der Waals surface area contributed by atoms with E-state index in [1.165, 1.54) is 4.21 Å². The van der Waals surface area contributed by atoms with Gasteiger partial charge in [0.1, 0.15) is 0 Å². The van der Waals surface area contributed by atoms with Crippen molar-refractivity contribution < 1.29 is 0 Å². The van der Waals surface area contributed by atoms with Gasteiger partial charge in [0.2, 0.25) is 0 Å². The van der Waals surface area contributed by atoms with Gasteiger partial charge in [0.05, 0.1) is 14.9 Å². The number of nitrogens with zero attached hydrogens (tertiary/aromatic N) is 1. The van der Waals surface area contributed by atoms with Crippen molar-refractivity contribution in [1.29, 1.82) is 0 Å². The predicted molar refractivity (Wildman–Crippen MR) is 79.8 cm³/mol. The van der Waals surface area contributed by atoms with Gasteiger partial charge in [-0.15, -0.1) is 23.1 Å². The highest BCUT2D eigenvalue weighted by molar-refractivity contribution is 8.00. The van der Waals surface area contributed by atoms with Crippen LogP contribution in [0.5, 0.6) is 0 Å². The molecule has 0 unspecified atom stereocenters. The Morgan fingerprint density at radius 2 is 2.06 bits per heavy atom. The van der Waals surface area contributed by atoms with Crippen molar-refractivity contribution in [1.82, 2.24) is 0 Å². The molecule has 0 atom stereocenters. The lowest BCUT2D eigenvalue weighted by Crippen LogP contribution is -1.73. The standard InChI is InChI=1S/C12H9Cl2NS2/c1-16-12-5-3-9(17-12)7-15-11-4-2-8(13)6-10(11)14/h2-7H,1H3. The van der Waals surface area contributed by atoms with E-state index in [2.05, 4.69) is 17.3 Å². The fraction of sp³-hybridized carbons (Fsp3) is 0.0833. The summed E-state index contributed by atoms with van der Waals surface area (Å²) in [6.45, 7) is 0. The minimum atomic E-state index is 0.565. The highest BCUT2D eigenvalue weighted by atomic mass is 35.5. The molecule has 0 radical (unpaired) electrons. The molecular weight excluding hydrogens is 293 g/mol. The molecule has 0 amide bonds. The molecule has 2 rings (SSSR count). The highest BCUT2D eigenvalue weighted by Crippen LogP contribution is 2.29. The summed E-state index contributed by atoms with van der Waals surface area (Å²) in [5.74, 6) is 0. The summed E-state index contributed by atoms with van der Waals surface area (Å²) in [5.41, 5.74) is 0.732. The largest absolute Gasteiger partial charge is 0.254 e. The summed E-state index contributed by atoms with van der Waals surface area (Å²) in [6, 6.07) is 9.41. The van der Waals surface area contributed by atoms with E-state index >= 15 is 0 Å². The first-order chi connectivity index (χ1) is 8.19. The summed E-state index contributed by atoms with van der Waals surface area (Å²) >= 11 is 15.3. The number of hydrogen-bond acceptors (Lipinski definition) is 3. The van der Waals surface area contributed by atoms with Crippen LogP contribution in [0.15, 0.2) is 39.5 Å². The highest BCUT2D eigenvalue weighted by Gasteiger charge is 1.99. The van der Waals surface area contributed by atoms with Gasteiger partial charge in [-0.05, 0) is 36.6 Å². The average molecular weight is 302 g/mol. The first kappa shape index (κ1) is 13.0. The molecule has 0 aliphatic carbocycles. The number of rotatable bonds is 3. The van der Waals surface area contributed by atoms with Crippen LogP contribution in [0.2, 0.25) is 10.0 Å². The summed E-state index contributed by atoms with van der Waals surface area (Å²) in [5, 5.41) is 1.19. The van der Waals surface area contributed by atoms with Gasteiger partial charge >= 0.3 is 0 Å². The van der Waals surface area contributed by atoms with Gasteiger partial charge in [0.15, 0.2) is 0 Å². The molecule has 5 heteroatoms. The second-order valence-corrected chi connectivity index (χ2v) is 6.28. The number of benzene rings is 1. The van der Waals surface area contributed by atoms with Gasteiger partial charge in [-0.1, -0.05) is 23.2 Å². The zero-order valence-corrected chi connectivity index (χ0v) is 12.1. The molecule has 1 heterocycles. The quantitative estimate of drug-likeness (QED) is 0.536. The smallest absolute Gasteiger partial charge is 0.0817 e. The van der Waals surface area contributed by atoms with Crippen molar-refractivity contribution in [2.75, 3.05) is 6.26 Å². The van der Waals surface area contributed by atoms with Gasteiger partial charge < -0.3 is 0 Å². The summed E-state index contributed by atoms with van der Waals surface area (Å²) in [4.78, 5) is 5.46. The maximum absolute atomic E-state index is 6.03. The fourth-order valence-electron chi connectivity index (χ4n) is 1.23. The summed E-state index contributed by atoms with van der Waals surface area (Å²) in [7, 11) is 0. The van der Waals surface area contributed by atoms with Gasteiger partial charge in [-0.25, -0.2) is 0 Å². The van der Waals surface area contributed by atoms with Crippen molar-refractivity contribution in [3.63, 3.8) is 0 Å². The molecule has 1 aromatic carbocycles. The Morgan fingerprint density at radius 1 is 1.24 bits per heavy atom. The number of aliphatic imine (C=N–C) groups is 1. The van der Waals surface area contributed by atoms with E-state index < -0.39 is 0 Å². The third-order valence-electron chi connectivity index (χ3n) is 2.04. The minimum Gasteiger partial charge on any atom is -0.254 e. The minimum absolute atomic E-state index is 0.565. The third-order valence-corrected chi connectivity index (χ3v) is 4.68. The lowest BCUT2D eigenvalue weighted by Gasteiger charge is -1.97. The first-order valence-electron chi connectivity index (χ1n) is 4.82. The van der Waals surface area contributed by atoms with Gasteiger partial charge in [-0.3, -0.25) is 4.99 Å². The van der Waals surface area contributed by atoms with Gasteiger partial charge in [0.25, 0.3) is 0 Å². The second-order valence-electron chi connectivity index (χ2n) is 3.21. The van der Waals surface area contributed by atoms with E-state index in [1.54, 1.807) is 35.2 Å². The second kappa shape index (κ2) is 5.91. The molecule has 88 valence electrons. The van der Waals surface area contributed by atoms with Crippen LogP contribution in [0, 0.1) is 0 Å². The van der Waals surface area contributed by atoms with Crippen molar-refractivity contribution in [3.8, 4) is 0 Å². The van der Waals surface area contributed by atoms with Crippen LogP contribution in [0.4, 0.5) is 5.69 Å². The molecule has 2 aromatic rings. The molecule has 17 heavy (non-hydrogen) atoms. The molecule has 0 fully saturated rings. The third kappa shape index (κ3) is 3.49. The molecule has 0 spiro atoms. The SMILES string of the molecule is CSc1ccc(C=Nc2ccc(Cl)cc2Cl)s1. The van der Waals surface area contributed by atoms with E-state index in [1.807, 2.05) is 18.3 Å². The van der Waals surface area contributed by atoms with Crippen molar-refractivity contribution in [2.24, 2.45) is 4.99 Å². The van der Waals surface area contributed by atoms with Crippen molar-refractivity contribution >= 4 is 58.2 Å². The molecule has 0 N–H and O–H groups in total. The molecule has 1 aromatic heterocycles. The lowest BCUT2D eigenvalue weighted by molar-refractivity contribution is 1.54. The summed E-state index contributed by atoms with van der Waals surface area (Å²) in [6.07, 6.45) is 3.88. The molecular formula is C12H9Cl2NS2. The molecule has 0 saturated heterocycles. The van der Waals surface area contributed by atoms with Crippen LogP contribution < -0.4 is 0 Å². The maximum Gasteiger partial charge on any atom is 0.0817 e. The predicted octanol–water partition coefficient (Wildman–Crippen LogP) is 5.53. The molecule has 1 nitrogen and oxygen atoms in total. The Bertz CT molecular complexity index is 549. The van der Waals surface area contributed by atoms with E-state index in [-0.39, 0.29) is 0 Å². The molecule has 0 aliphatic heterocycles. The summed E-state index contributed by atoms with van der Waals surface area (Å²) < 4.78 is 1.27. The van der Waals surface area contributed by atoms with Gasteiger partial charge in [-0.2, -0.15) is 0 Å². The monoisotopic (exact) mass is 301 g/mol. The van der Waals surface area contributed by atoms with E-state index in [4.69, 9.17) is 23.2 Å².